The van der Waals surface area contributed by atoms with Crippen LogP contribution in [-0.4, -0.2) is 32.6 Å². The van der Waals surface area contributed by atoms with E-state index >= 15 is 0 Å². The second-order valence-corrected chi connectivity index (χ2v) is 2.84. The van der Waals surface area contributed by atoms with Crippen molar-refractivity contribution in [2.45, 2.75) is 12.2 Å². The molecular weight excluding hydrogens is 186 g/mol. The molecule has 7 nitrogen and oxygen atoms in total. The second-order valence-electron chi connectivity index (χ2n) is 2.84. The third-order valence-electron chi connectivity index (χ3n) is 1.73. The smallest absolute Gasteiger partial charge is 0.124 e. The Labute approximate surface area is 80.2 Å². The first-order chi connectivity index (χ1) is 6.65. The summed E-state index contributed by atoms with van der Waals surface area (Å²) in [6.45, 7) is -0.172. The van der Waals surface area contributed by atoms with Gasteiger partial charge in [-0.3, -0.25) is 4.68 Å². The third kappa shape index (κ3) is 2.46. The summed E-state index contributed by atoms with van der Waals surface area (Å²) in [4.78, 5) is 2.49. The maximum absolute atomic E-state index is 9.52. The lowest BCUT2D eigenvalue weighted by Gasteiger charge is -2.12. The van der Waals surface area contributed by atoms with Crippen LogP contribution in [0, 0.1) is 0 Å². The molecule has 0 saturated heterocycles. The number of nitrogens with zero attached hydrogens (tertiary/aromatic N) is 5. The molecule has 0 aromatic carbocycles. The lowest BCUT2D eigenvalue weighted by Crippen LogP contribution is -2.21. The standard InChI is InChI=1S/C7H11N5O2/c1-12-3-2-5(10-12)7(14)6(13)4-9-11-8/h2-3,6-7,13-14H,4H2,1H3. The Morgan fingerprint density at radius 1 is 1.71 bits per heavy atom. The van der Waals surface area contributed by atoms with Crippen molar-refractivity contribution in [2.24, 2.45) is 12.2 Å². The summed E-state index contributed by atoms with van der Waals surface area (Å²) in [6.07, 6.45) is -0.596. The molecule has 1 aromatic rings. The Hall–Kier alpha value is -1.56. The largest absolute Gasteiger partial charge is 0.390 e. The normalized spacial score (nSPS) is 14.5. The van der Waals surface area contributed by atoms with Crippen LogP contribution in [0.4, 0.5) is 0 Å². The first-order valence-electron chi connectivity index (χ1n) is 4.01. The molecule has 2 atom stereocenters. The average Bonchev–Trinajstić information content (AvgIpc) is 2.60. The van der Waals surface area contributed by atoms with E-state index < -0.39 is 12.2 Å². The lowest BCUT2D eigenvalue weighted by atomic mass is 10.1. The van der Waals surface area contributed by atoms with E-state index in [0.29, 0.717) is 5.69 Å². The van der Waals surface area contributed by atoms with Crippen molar-refractivity contribution in [3.8, 4) is 0 Å². The molecule has 76 valence electrons. The molecule has 2 N–H and O–H groups in total. The molecule has 1 aromatic heterocycles. The number of hydrogen-bond acceptors (Lipinski definition) is 4. The highest BCUT2D eigenvalue weighted by Gasteiger charge is 2.19. The van der Waals surface area contributed by atoms with Gasteiger partial charge in [0.15, 0.2) is 0 Å². The van der Waals surface area contributed by atoms with Crippen molar-refractivity contribution in [1.29, 1.82) is 0 Å². The minimum atomic E-state index is -1.12. The highest BCUT2D eigenvalue weighted by atomic mass is 16.3. The fourth-order valence-corrected chi connectivity index (χ4v) is 1.01. The molecule has 0 fully saturated rings. The molecule has 0 aliphatic rings. The van der Waals surface area contributed by atoms with Crippen molar-refractivity contribution >= 4 is 0 Å². The van der Waals surface area contributed by atoms with Gasteiger partial charge in [-0.1, -0.05) is 5.11 Å². The number of aryl methyl sites for hydroxylation is 1. The Kier molecular flexibility index (Phi) is 3.47. The zero-order valence-corrected chi connectivity index (χ0v) is 7.65. The number of hydrogen-bond donors (Lipinski definition) is 2. The molecule has 0 spiro atoms. The van der Waals surface area contributed by atoms with Gasteiger partial charge in [-0.25, -0.2) is 0 Å². The van der Waals surface area contributed by atoms with Gasteiger partial charge in [0.25, 0.3) is 0 Å². The van der Waals surface area contributed by atoms with E-state index in [2.05, 4.69) is 15.1 Å². The van der Waals surface area contributed by atoms with Crippen molar-refractivity contribution in [2.75, 3.05) is 6.54 Å². The molecule has 1 heterocycles. The Morgan fingerprint density at radius 3 is 2.93 bits per heavy atom. The van der Waals surface area contributed by atoms with Crippen LogP contribution in [0.3, 0.4) is 0 Å². The number of aliphatic hydroxyl groups is 2. The van der Waals surface area contributed by atoms with Gasteiger partial charge >= 0.3 is 0 Å². The van der Waals surface area contributed by atoms with Gasteiger partial charge in [0.2, 0.25) is 0 Å². The second kappa shape index (κ2) is 4.61. The van der Waals surface area contributed by atoms with Crippen LogP contribution in [0.1, 0.15) is 11.8 Å². The quantitative estimate of drug-likeness (QED) is 0.406. The minimum Gasteiger partial charge on any atom is -0.390 e. The summed E-state index contributed by atoms with van der Waals surface area (Å²) in [5, 5.41) is 25.9. The van der Waals surface area contributed by atoms with E-state index in [-0.39, 0.29) is 6.54 Å². The topological polar surface area (TPSA) is 107 Å². The molecular formula is C7H11N5O2. The highest BCUT2D eigenvalue weighted by Crippen LogP contribution is 2.14. The number of aliphatic hydroxyl groups excluding tert-OH is 2. The molecule has 0 aliphatic carbocycles. The monoisotopic (exact) mass is 197 g/mol. The summed E-state index contributed by atoms with van der Waals surface area (Å²) < 4.78 is 1.51. The van der Waals surface area contributed by atoms with Crippen LogP contribution in [0.25, 0.3) is 10.4 Å². The van der Waals surface area contributed by atoms with E-state index in [1.54, 1.807) is 19.3 Å². The average molecular weight is 197 g/mol. The van der Waals surface area contributed by atoms with Gasteiger partial charge in [0.05, 0.1) is 18.3 Å². The SMILES string of the molecule is Cn1ccc(C(O)C(O)CN=[N+]=[N-])n1. The van der Waals surface area contributed by atoms with Crippen molar-refractivity contribution < 1.29 is 10.2 Å². The van der Waals surface area contributed by atoms with E-state index in [0.717, 1.165) is 0 Å². The van der Waals surface area contributed by atoms with Crippen LogP contribution < -0.4 is 0 Å². The lowest BCUT2D eigenvalue weighted by molar-refractivity contribution is 0.0215. The molecule has 1 rings (SSSR count). The first-order valence-corrected chi connectivity index (χ1v) is 4.01. The van der Waals surface area contributed by atoms with E-state index in [1.165, 1.54) is 4.68 Å². The highest BCUT2D eigenvalue weighted by molar-refractivity contribution is 5.04. The number of azide groups is 1. The molecule has 0 aliphatic heterocycles. The Bertz CT molecular complexity index is 344. The molecule has 0 bridgehead atoms. The summed E-state index contributed by atoms with van der Waals surface area (Å²) in [5.74, 6) is 0. The molecule has 2 unspecified atom stereocenters. The summed E-state index contributed by atoms with van der Waals surface area (Å²) in [5.41, 5.74) is 8.37. The van der Waals surface area contributed by atoms with E-state index in [9.17, 15) is 10.2 Å². The van der Waals surface area contributed by atoms with Gasteiger partial charge in [0, 0.05) is 18.2 Å². The zero-order chi connectivity index (χ0) is 10.6. The molecule has 7 heteroatoms. The molecule has 14 heavy (non-hydrogen) atoms. The summed E-state index contributed by atoms with van der Waals surface area (Å²) >= 11 is 0. The predicted molar refractivity (Wildman–Crippen MR) is 48.2 cm³/mol. The van der Waals surface area contributed by atoms with Crippen LogP contribution in [0.15, 0.2) is 17.4 Å². The number of aromatic nitrogens is 2. The van der Waals surface area contributed by atoms with Gasteiger partial charge in [-0.15, -0.1) is 0 Å². The summed E-state index contributed by atoms with van der Waals surface area (Å²) in [6, 6.07) is 1.59. The van der Waals surface area contributed by atoms with E-state index in [1.807, 2.05) is 0 Å². The number of rotatable bonds is 4. The fraction of sp³-hybridized carbons (Fsp3) is 0.571. The Morgan fingerprint density at radius 2 is 2.43 bits per heavy atom. The van der Waals surface area contributed by atoms with Crippen LogP contribution in [0.5, 0.6) is 0 Å². The van der Waals surface area contributed by atoms with Gasteiger partial charge in [-0.05, 0) is 11.6 Å². The van der Waals surface area contributed by atoms with Crippen LogP contribution in [0.2, 0.25) is 0 Å². The third-order valence-corrected chi connectivity index (χ3v) is 1.73. The Balaban J connectivity index is 2.64. The van der Waals surface area contributed by atoms with Crippen LogP contribution in [-0.2, 0) is 7.05 Å². The summed E-state index contributed by atoms with van der Waals surface area (Å²) in [7, 11) is 1.70. The van der Waals surface area contributed by atoms with Gasteiger partial charge in [-0.2, -0.15) is 5.10 Å². The minimum absolute atomic E-state index is 0.172. The predicted octanol–water partition coefficient (Wildman–Crippen LogP) is 0.125. The van der Waals surface area contributed by atoms with Crippen molar-refractivity contribution in [3.05, 3.63) is 28.4 Å². The molecule has 0 saturated carbocycles. The fourth-order valence-electron chi connectivity index (χ4n) is 1.01. The maximum Gasteiger partial charge on any atom is 0.124 e. The molecule has 0 radical (unpaired) electrons. The van der Waals surface area contributed by atoms with Crippen LogP contribution >= 0.6 is 0 Å². The maximum atomic E-state index is 9.52. The van der Waals surface area contributed by atoms with Crippen molar-refractivity contribution in [3.63, 3.8) is 0 Å². The molecule has 0 amide bonds. The van der Waals surface area contributed by atoms with Crippen molar-refractivity contribution in [1.82, 2.24) is 9.78 Å². The van der Waals surface area contributed by atoms with Gasteiger partial charge in [0.1, 0.15) is 6.10 Å². The first kappa shape index (κ1) is 10.5. The van der Waals surface area contributed by atoms with E-state index in [4.69, 9.17) is 5.53 Å². The zero-order valence-electron chi connectivity index (χ0n) is 7.65. The van der Waals surface area contributed by atoms with Gasteiger partial charge < -0.3 is 10.2 Å².